The number of aromatic nitrogens is 4. The van der Waals surface area contributed by atoms with Crippen molar-refractivity contribution >= 4 is 169 Å². The fourth-order valence-corrected chi connectivity index (χ4v) is 12.6. The van der Waals surface area contributed by atoms with Crippen LogP contribution in [0.2, 0.25) is 20.1 Å². The Hall–Kier alpha value is -8.67. The first kappa shape index (κ1) is 95.9. The van der Waals surface area contributed by atoms with Gasteiger partial charge in [0.25, 0.3) is 10.1 Å². The molecule has 0 saturated carbocycles. The molecule has 0 unspecified atom stereocenters. The summed E-state index contributed by atoms with van der Waals surface area (Å²) in [6.45, 7) is 8.93. The van der Waals surface area contributed by atoms with Crippen LogP contribution in [0.1, 0.15) is 94.5 Å². The molecule has 0 aliphatic rings. The average Bonchev–Trinajstić information content (AvgIpc) is 0.837. The van der Waals surface area contributed by atoms with E-state index in [0.717, 1.165) is 93.2 Å². The summed E-state index contributed by atoms with van der Waals surface area (Å²) >= 11 is 42.7. The smallest absolute Gasteiger partial charge is 0.294 e. The van der Waals surface area contributed by atoms with Gasteiger partial charge in [-0.15, -0.1) is 46.4 Å². The minimum Gasteiger partial charge on any atom is -0.397 e. The second-order valence-corrected chi connectivity index (χ2v) is 29.8. The number of Topliss-reactive ketones (excluding diaryl/α,β-unsaturated/α-hetero) is 4. The van der Waals surface area contributed by atoms with Crippen LogP contribution in [0.15, 0.2) is 273 Å². The normalized spacial score (nSPS) is 11.5. The molecule has 0 radical (unpaired) electrons. The van der Waals surface area contributed by atoms with Crippen LogP contribution >= 0.6 is 92.8 Å². The number of nitrogens with two attached hydrogens (primary N) is 4. The highest BCUT2D eigenvalue weighted by atomic mass is 35.5. The zero-order valence-corrected chi connectivity index (χ0v) is 70.2. The molecule has 0 bridgehead atoms. The molecule has 13 rings (SSSR count). The van der Waals surface area contributed by atoms with Crippen LogP contribution in [0.3, 0.4) is 0 Å². The highest BCUT2D eigenvalue weighted by Crippen LogP contribution is 2.28. The van der Waals surface area contributed by atoms with Crippen LogP contribution in [0.5, 0.6) is 0 Å². The molecule has 0 amide bonds. The number of halogens is 8. The van der Waals surface area contributed by atoms with Gasteiger partial charge < -0.3 is 28.0 Å². The second kappa shape index (κ2) is 52.0. The van der Waals surface area contributed by atoms with Crippen molar-refractivity contribution in [2.24, 2.45) is 22.9 Å². The van der Waals surface area contributed by atoms with Crippen molar-refractivity contribution in [3.8, 4) is 0 Å². The largest absolute Gasteiger partial charge is 0.397 e. The lowest BCUT2D eigenvalue weighted by molar-refractivity contribution is -0.120. The molecular weight excluding hydrogens is 1620 g/mol. The number of aryl methyl sites for hydroxylation is 1. The molecule has 0 spiro atoms. The Bertz CT molecular complexity index is 4640. The van der Waals surface area contributed by atoms with Crippen molar-refractivity contribution < 1.29 is 37.3 Å². The van der Waals surface area contributed by atoms with Gasteiger partial charge in [0.15, 0.2) is 0 Å². The molecule has 4 atom stereocenters. The Morgan fingerprint density at radius 2 is 0.553 bits per heavy atom. The number of nitrogens with zero attached hydrogens (tertiary/aromatic N) is 4. The number of hydrogen-bond donors (Lipinski definition) is 6. The minimum atomic E-state index is -4.02. The third kappa shape index (κ3) is 32.2. The molecule has 25 heteroatoms. The van der Waals surface area contributed by atoms with E-state index in [4.69, 9.17) is 125 Å². The number of aliphatic hydroxyl groups is 1. The van der Waals surface area contributed by atoms with Crippen molar-refractivity contribution in [3.63, 3.8) is 0 Å². The van der Waals surface area contributed by atoms with E-state index in [1.54, 1.807) is 92.4 Å². The Morgan fingerprint density at radius 1 is 0.351 bits per heavy atom. The number of pyridine rings is 4. The maximum atomic E-state index is 12.6. The molecule has 0 saturated heterocycles. The number of carbonyl (C=O) groups excluding carboxylic acids is 4. The number of aliphatic hydroxyl groups excluding tert-OH is 1. The van der Waals surface area contributed by atoms with Gasteiger partial charge in [-0.25, -0.2) is 0 Å². The molecule has 0 aliphatic carbocycles. The number of carbonyl (C=O) groups is 4. The van der Waals surface area contributed by atoms with E-state index < -0.39 is 10.1 Å². The van der Waals surface area contributed by atoms with Crippen LogP contribution in [-0.4, -0.2) is 105 Å². The number of rotatable bonds is 21. The van der Waals surface area contributed by atoms with E-state index in [0.29, 0.717) is 45.8 Å². The van der Waals surface area contributed by atoms with Crippen LogP contribution in [0.4, 0.5) is 0 Å². The molecule has 598 valence electrons. The van der Waals surface area contributed by atoms with Gasteiger partial charge >= 0.3 is 0 Å². The van der Waals surface area contributed by atoms with Crippen LogP contribution in [0, 0.1) is 6.92 Å². The van der Waals surface area contributed by atoms with Crippen LogP contribution < -0.4 is 22.9 Å². The number of benzene rings is 9. The standard InChI is InChI=1S/4C19H17ClN2O.C7H8O3S.C2H6O.C2H6.2CH2Cl2/c4*20-17-5-3-14(4-6-17)18(11-21)19(23)10-13-1-2-16-12-22-8-7-15(16)9-13;1-6-2-4-7(5-3-6)11(8,9)10;1-2-3;1-2;2*2-1-3/h4*1-9,12,18H,10-11,21H2;2-5H,1H3,(H,8,9,10);3H,2H2,1H3;1-2H3;2*1H2/t4*18-;;;;;/m1111...../s1. The molecule has 114 heavy (non-hydrogen) atoms. The fraction of sp³-hybridized carbons (Fsp3) is 0.213. The van der Waals surface area contributed by atoms with E-state index in [2.05, 4.69) is 19.9 Å². The highest BCUT2D eigenvalue weighted by molar-refractivity contribution is 7.85. The summed E-state index contributed by atoms with van der Waals surface area (Å²) in [4.78, 5) is 66.9. The number of ketones is 4. The Kier molecular flexibility index (Phi) is 43.8. The SMILES string of the molecule is CC.CCO.Cc1ccc(S(=O)(=O)O)cc1.ClCCl.ClCCl.NC[C@@H](C(=O)Cc1ccc2cnccc2c1)c1ccc(Cl)cc1.NC[C@@H](C(=O)Cc1ccc2cnccc2c1)c1ccc(Cl)cc1.NC[C@@H](C(=O)Cc1ccc2cnccc2c1)c1ccc(Cl)cc1.NC[C@@H](C(=O)Cc1ccc2cnccc2c1)c1ccc(Cl)cc1. The predicted octanol–water partition coefficient (Wildman–Crippen LogP) is 20.1. The van der Waals surface area contributed by atoms with E-state index >= 15 is 0 Å². The van der Waals surface area contributed by atoms with Gasteiger partial charge in [-0.3, -0.25) is 43.7 Å². The molecule has 0 aliphatic heterocycles. The van der Waals surface area contributed by atoms with Gasteiger partial charge in [0.1, 0.15) is 23.1 Å². The lowest BCUT2D eigenvalue weighted by atomic mass is 9.91. The first-order valence-corrected chi connectivity index (χ1v) is 41.1. The topological polar surface area (TPSA) is 299 Å². The van der Waals surface area contributed by atoms with Crippen molar-refractivity contribution in [1.29, 1.82) is 0 Å². The zero-order valence-electron chi connectivity index (χ0n) is 63.4. The summed E-state index contributed by atoms with van der Waals surface area (Å²) < 4.78 is 29.6. The van der Waals surface area contributed by atoms with Crippen molar-refractivity contribution in [2.45, 2.75) is 81.9 Å². The highest BCUT2D eigenvalue weighted by Gasteiger charge is 2.23. The molecule has 0 fully saturated rings. The summed E-state index contributed by atoms with van der Waals surface area (Å²) in [6.07, 6.45) is 15.7. The molecular formula is C89H92Cl8N8O8S. The van der Waals surface area contributed by atoms with Crippen LogP contribution in [0.25, 0.3) is 43.1 Å². The fourth-order valence-electron chi connectivity index (χ4n) is 11.6. The summed E-state index contributed by atoms with van der Waals surface area (Å²) in [5.41, 5.74) is 31.8. The Labute approximate surface area is 707 Å². The molecule has 16 nitrogen and oxygen atoms in total. The van der Waals surface area contributed by atoms with Crippen molar-refractivity contribution in [2.75, 3.05) is 43.5 Å². The minimum absolute atomic E-state index is 0.0666. The second-order valence-electron chi connectivity index (χ2n) is 25.0. The molecule has 4 aromatic heterocycles. The maximum absolute atomic E-state index is 12.6. The van der Waals surface area contributed by atoms with Crippen molar-refractivity contribution in [3.05, 3.63) is 338 Å². The van der Waals surface area contributed by atoms with E-state index in [-0.39, 0.29) is 95.2 Å². The predicted molar refractivity (Wildman–Crippen MR) is 473 cm³/mol. The van der Waals surface area contributed by atoms with E-state index in [9.17, 15) is 27.6 Å². The van der Waals surface area contributed by atoms with Gasteiger partial charge in [0.05, 0.1) is 39.2 Å². The Balaban J connectivity index is 0.000000250. The third-order valence-electron chi connectivity index (χ3n) is 17.2. The van der Waals surface area contributed by atoms with Gasteiger partial charge in [-0.05, 0) is 165 Å². The van der Waals surface area contributed by atoms with Gasteiger partial charge in [-0.1, -0.05) is 199 Å². The van der Waals surface area contributed by atoms with Crippen molar-refractivity contribution in [1.82, 2.24) is 19.9 Å². The van der Waals surface area contributed by atoms with Crippen LogP contribution in [-0.2, 0) is 55.0 Å². The number of hydrogen-bond acceptors (Lipinski definition) is 15. The van der Waals surface area contributed by atoms with Gasteiger partial charge in [-0.2, -0.15) is 8.42 Å². The summed E-state index contributed by atoms with van der Waals surface area (Å²) in [6, 6.07) is 67.0. The molecule has 4 heterocycles. The summed E-state index contributed by atoms with van der Waals surface area (Å²) in [5, 5.41) is 19.2. The van der Waals surface area contributed by atoms with E-state index in [1.165, 1.54) is 12.1 Å². The Morgan fingerprint density at radius 3 is 0.737 bits per heavy atom. The van der Waals surface area contributed by atoms with E-state index in [1.807, 2.05) is 191 Å². The lowest BCUT2D eigenvalue weighted by Gasteiger charge is -2.14. The number of alkyl halides is 4. The maximum Gasteiger partial charge on any atom is 0.294 e. The average molecular weight is 1720 g/mol. The van der Waals surface area contributed by atoms with Gasteiger partial charge in [0.2, 0.25) is 0 Å². The molecule has 13 aromatic rings. The lowest BCUT2D eigenvalue weighted by Crippen LogP contribution is -2.23. The summed E-state index contributed by atoms with van der Waals surface area (Å²) in [7, 11) is -4.02. The molecule has 10 N–H and O–H groups in total. The monoisotopic (exact) mass is 1710 g/mol. The summed E-state index contributed by atoms with van der Waals surface area (Å²) in [5.74, 6) is -0.764. The quantitative estimate of drug-likeness (QED) is 0.0288. The van der Waals surface area contributed by atoms with Gasteiger partial charge in [0, 0.05) is 150 Å². The number of fused-ring (bicyclic) bond motifs is 4. The zero-order chi connectivity index (χ0) is 83.5. The molecule has 9 aromatic carbocycles. The third-order valence-corrected chi connectivity index (χ3v) is 19.1. The first-order chi connectivity index (χ1) is 54.9. The first-order valence-electron chi connectivity index (χ1n) is 36.1.